The fourth-order valence-electron chi connectivity index (χ4n) is 0.443. The maximum absolute atomic E-state index is 9.07. The molecule has 0 aromatic carbocycles. The molecular formula is C7H17NOS. The van der Waals surface area contributed by atoms with Gasteiger partial charge in [0.25, 0.3) is 0 Å². The minimum atomic E-state index is -0.233. The molecule has 0 bridgehead atoms. The van der Waals surface area contributed by atoms with E-state index in [-0.39, 0.29) is 12.1 Å². The van der Waals surface area contributed by atoms with Crippen LogP contribution in [0.15, 0.2) is 0 Å². The predicted molar refractivity (Wildman–Crippen MR) is 47.3 cm³/mol. The summed E-state index contributed by atoms with van der Waals surface area (Å²) in [5.41, 5.74) is 5.54. The quantitative estimate of drug-likeness (QED) is 0.645. The molecule has 3 atom stereocenters. The van der Waals surface area contributed by atoms with Crippen molar-refractivity contribution in [1.82, 2.24) is 0 Å². The molecule has 10 heavy (non-hydrogen) atoms. The molecule has 0 fully saturated rings. The fraction of sp³-hybridized carbons (Fsp3) is 1.00. The van der Waals surface area contributed by atoms with Gasteiger partial charge in [-0.2, -0.15) is 11.8 Å². The molecule has 3 N–H and O–H groups in total. The zero-order chi connectivity index (χ0) is 8.15. The van der Waals surface area contributed by atoms with Crippen molar-refractivity contribution in [2.45, 2.75) is 38.2 Å². The molecule has 0 spiro atoms. The highest BCUT2D eigenvalue weighted by molar-refractivity contribution is 7.99. The van der Waals surface area contributed by atoms with Crippen LogP contribution >= 0.6 is 11.8 Å². The summed E-state index contributed by atoms with van der Waals surface area (Å²) in [6.45, 7) is 5.79. The lowest BCUT2D eigenvalue weighted by atomic mass is 10.3. The zero-order valence-corrected chi connectivity index (χ0v) is 7.69. The summed E-state index contributed by atoms with van der Waals surface area (Å²) in [6.07, 6.45) is -0.233. The van der Waals surface area contributed by atoms with Crippen LogP contribution < -0.4 is 5.73 Å². The van der Waals surface area contributed by atoms with Crippen LogP contribution in [-0.4, -0.2) is 28.3 Å². The Bertz CT molecular complexity index is 85.7. The van der Waals surface area contributed by atoms with Gasteiger partial charge in [0, 0.05) is 17.0 Å². The second-order valence-corrected chi connectivity index (χ2v) is 4.17. The van der Waals surface area contributed by atoms with E-state index >= 15 is 0 Å². The van der Waals surface area contributed by atoms with E-state index in [9.17, 15) is 0 Å². The molecule has 62 valence electrons. The van der Waals surface area contributed by atoms with Crippen LogP contribution in [0.1, 0.15) is 20.8 Å². The topological polar surface area (TPSA) is 46.2 Å². The molecule has 0 saturated heterocycles. The van der Waals surface area contributed by atoms with Gasteiger partial charge < -0.3 is 10.8 Å². The number of rotatable bonds is 4. The van der Waals surface area contributed by atoms with Crippen molar-refractivity contribution < 1.29 is 5.11 Å². The molecule has 2 unspecified atom stereocenters. The third-order valence-electron chi connectivity index (χ3n) is 1.30. The third kappa shape index (κ3) is 5.09. The van der Waals surface area contributed by atoms with Crippen molar-refractivity contribution in [2.24, 2.45) is 5.73 Å². The first kappa shape index (κ1) is 10.3. The van der Waals surface area contributed by atoms with Gasteiger partial charge >= 0.3 is 0 Å². The summed E-state index contributed by atoms with van der Waals surface area (Å²) in [5, 5.41) is 9.37. The normalized spacial score (nSPS) is 20.1. The summed E-state index contributed by atoms with van der Waals surface area (Å²) in [7, 11) is 0. The first-order valence-corrected chi connectivity index (χ1v) is 4.64. The first-order chi connectivity index (χ1) is 4.54. The highest BCUT2D eigenvalue weighted by atomic mass is 32.2. The Kier molecular flexibility index (Phi) is 5.13. The van der Waals surface area contributed by atoms with Gasteiger partial charge in [-0.15, -0.1) is 0 Å². The standard InChI is InChI=1S/C7H17NOS/c1-5(8)4-10-7(3)6(2)9/h5-7,9H,4,8H2,1-3H3/t5-,6?,7?/m1/s1. The van der Waals surface area contributed by atoms with Crippen LogP contribution in [0.4, 0.5) is 0 Å². The summed E-state index contributed by atoms with van der Waals surface area (Å²) in [6, 6.07) is 0.228. The molecule has 2 nitrogen and oxygen atoms in total. The second kappa shape index (κ2) is 4.99. The number of hydrogen-bond acceptors (Lipinski definition) is 3. The van der Waals surface area contributed by atoms with Gasteiger partial charge in [-0.05, 0) is 13.8 Å². The zero-order valence-electron chi connectivity index (χ0n) is 6.87. The Morgan fingerprint density at radius 3 is 2.20 bits per heavy atom. The summed E-state index contributed by atoms with van der Waals surface area (Å²) < 4.78 is 0. The van der Waals surface area contributed by atoms with Crippen molar-refractivity contribution >= 4 is 11.8 Å². The van der Waals surface area contributed by atoms with Crippen LogP contribution in [-0.2, 0) is 0 Å². The minimum absolute atomic E-state index is 0.228. The van der Waals surface area contributed by atoms with E-state index in [1.807, 2.05) is 13.8 Å². The predicted octanol–water partition coefficient (Wildman–Crippen LogP) is 0.836. The lowest BCUT2D eigenvalue weighted by molar-refractivity contribution is 0.196. The van der Waals surface area contributed by atoms with Crippen LogP contribution in [0.2, 0.25) is 0 Å². The van der Waals surface area contributed by atoms with Crippen molar-refractivity contribution in [2.75, 3.05) is 5.75 Å². The van der Waals surface area contributed by atoms with Gasteiger partial charge in [0.2, 0.25) is 0 Å². The van der Waals surface area contributed by atoms with Gasteiger partial charge in [0.05, 0.1) is 6.10 Å². The molecule has 0 saturated carbocycles. The summed E-state index contributed by atoms with van der Waals surface area (Å²) >= 11 is 1.72. The van der Waals surface area contributed by atoms with Gasteiger partial charge in [0.15, 0.2) is 0 Å². The SMILES string of the molecule is CC(O)C(C)SC[C@@H](C)N. The van der Waals surface area contributed by atoms with E-state index in [0.29, 0.717) is 5.25 Å². The molecule has 0 heterocycles. The van der Waals surface area contributed by atoms with Gasteiger partial charge in [0.1, 0.15) is 0 Å². The minimum Gasteiger partial charge on any atom is -0.392 e. The Balaban J connectivity index is 3.30. The Labute approximate surface area is 67.2 Å². The number of thioether (sulfide) groups is 1. The van der Waals surface area contributed by atoms with Crippen LogP contribution in [0.5, 0.6) is 0 Å². The molecule has 0 amide bonds. The molecule has 3 heteroatoms. The molecule has 0 aliphatic carbocycles. The van der Waals surface area contributed by atoms with E-state index < -0.39 is 0 Å². The lowest BCUT2D eigenvalue weighted by Gasteiger charge is -2.14. The Morgan fingerprint density at radius 2 is 1.90 bits per heavy atom. The largest absolute Gasteiger partial charge is 0.392 e. The molecule has 0 aliphatic rings. The molecule has 0 aromatic heterocycles. The fourth-order valence-corrected chi connectivity index (χ4v) is 1.33. The van der Waals surface area contributed by atoms with Gasteiger partial charge in [-0.1, -0.05) is 6.92 Å². The maximum Gasteiger partial charge on any atom is 0.0628 e. The van der Waals surface area contributed by atoms with Crippen LogP contribution in [0, 0.1) is 0 Å². The molecule has 0 radical (unpaired) electrons. The summed E-state index contributed by atoms with van der Waals surface area (Å²) in [5.74, 6) is 0.923. The Morgan fingerprint density at radius 1 is 1.40 bits per heavy atom. The number of aliphatic hydroxyl groups excluding tert-OH is 1. The Hall–Kier alpha value is 0.270. The number of nitrogens with two attached hydrogens (primary N) is 1. The summed E-state index contributed by atoms with van der Waals surface area (Å²) in [4.78, 5) is 0. The van der Waals surface area contributed by atoms with E-state index in [2.05, 4.69) is 0 Å². The molecule has 0 aromatic rings. The van der Waals surface area contributed by atoms with Crippen LogP contribution in [0.3, 0.4) is 0 Å². The average molecular weight is 163 g/mol. The van der Waals surface area contributed by atoms with Crippen LogP contribution in [0.25, 0.3) is 0 Å². The van der Waals surface area contributed by atoms with E-state index in [4.69, 9.17) is 10.8 Å². The average Bonchev–Trinajstić information content (AvgIpc) is 1.82. The third-order valence-corrected chi connectivity index (χ3v) is 2.94. The van der Waals surface area contributed by atoms with Crippen molar-refractivity contribution in [3.05, 3.63) is 0 Å². The monoisotopic (exact) mass is 163 g/mol. The lowest BCUT2D eigenvalue weighted by Crippen LogP contribution is -2.22. The number of aliphatic hydroxyl groups is 1. The van der Waals surface area contributed by atoms with E-state index in [1.165, 1.54) is 0 Å². The van der Waals surface area contributed by atoms with E-state index in [1.54, 1.807) is 18.7 Å². The van der Waals surface area contributed by atoms with E-state index in [0.717, 1.165) is 5.75 Å². The molecule has 0 rings (SSSR count). The van der Waals surface area contributed by atoms with Gasteiger partial charge in [-0.3, -0.25) is 0 Å². The van der Waals surface area contributed by atoms with Crippen molar-refractivity contribution in [3.8, 4) is 0 Å². The van der Waals surface area contributed by atoms with Gasteiger partial charge in [-0.25, -0.2) is 0 Å². The smallest absolute Gasteiger partial charge is 0.0628 e. The highest BCUT2D eigenvalue weighted by Crippen LogP contribution is 2.14. The second-order valence-electron chi connectivity index (χ2n) is 2.76. The number of hydrogen-bond donors (Lipinski definition) is 2. The maximum atomic E-state index is 9.07. The molecular weight excluding hydrogens is 146 g/mol. The molecule has 0 aliphatic heterocycles. The highest BCUT2D eigenvalue weighted by Gasteiger charge is 2.08. The van der Waals surface area contributed by atoms with Crippen molar-refractivity contribution in [1.29, 1.82) is 0 Å². The first-order valence-electron chi connectivity index (χ1n) is 3.59. The van der Waals surface area contributed by atoms with Crippen molar-refractivity contribution in [3.63, 3.8) is 0 Å².